The van der Waals surface area contributed by atoms with E-state index in [4.69, 9.17) is 5.84 Å². The van der Waals surface area contributed by atoms with Crippen LogP contribution < -0.4 is 10.7 Å². The van der Waals surface area contributed by atoms with Crippen molar-refractivity contribution in [2.75, 3.05) is 11.4 Å². The smallest absolute Gasteiger partial charge is 0.274 e. The molecule has 8 heteroatoms. The summed E-state index contributed by atoms with van der Waals surface area (Å²) in [6.07, 6.45) is 4.28. The van der Waals surface area contributed by atoms with Gasteiger partial charge in [0.25, 0.3) is 0 Å². The minimum atomic E-state index is -3.40. The standard InChI is InChI=1S/C27H32F3N4O/c1-19-27(29,30)26(15-16-34(19,31)18-20-9-4-2-5-10-20)24(21-11-6-3-7-12-21)32-25(35)33(26)23-14-8-13-22(28)17-23/h2,4-5,8-10,13-14,17,19,21H,3,6-7,11-12,15-16,18,31H2,1H3/q+1/t19-,26+,34?/m1/s1. The van der Waals surface area contributed by atoms with Crippen molar-refractivity contribution in [1.29, 1.82) is 0 Å². The summed E-state index contributed by atoms with van der Waals surface area (Å²) >= 11 is 0. The molecule has 0 bridgehead atoms. The van der Waals surface area contributed by atoms with Crippen molar-refractivity contribution in [2.24, 2.45) is 16.8 Å². The van der Waals surface area contributed by atoms with E-state index in [1.165, 1.54) is 25.1 Å². The van der Waals surface area contributed by atoms with E-state index in [0.717, 1.165) is 48.6 Å². The van der Waals surface area contributed by atoms with E-state index in [1.807, 2.05) is 30.3 Å². The molecule has 0 radical (unpaired) electrons. The molecule has 1 saturated heterocycles. The topological polar surface area (TPSA) is 58.7 Å². The molecule has 2 aromatic rings. The predicted octanol–water partition coefficient (Wildman–Crippen LogP) is 5.84. The molecule has 1 aliphatic carbocycles. The monoisotopic (exact) mass is 485 g/mol. The third-order valence-electron chi connectivity index (χ3n) is 8.33. The highest BCUT2D eigenvalue weighted by Gasteiger charge is 2.74. The highest BCUT2D eigenvalue weighted by molar-refractivity contribution is 6.18. The maximum absolute atomic E-state index is 16.9. The molecule has 3 atom stereocenters. The van der Waals surface area contributed by atoms with Gasteiger partial charge in [0.1, 0.15) is 12.4 Å². The number of benzene rings is 2. The van der Waals surface area contributed by atoms with E-state index in [1.54, 1.807) is 0 Å². The fraction of sp³-hybridized carbons (Fsp3) is 0.481. The van der Waals surface area contributed by atoms with E-state index in [9.17, 15) is 9.18 Å². The summed E-state index contributed by atoms with van der Waals surface area (Å²) in [7, 11) is 0. The number of quaternary nitrogens is 1. The van der Waals surface area contributed by atoms with Gasteiger partial charge in [-0.3, -0.25) is 4.90 Å². The number of carbonyl (C=O) groups is 1. The number of nitrogens with zero attached hydrogens (tertiary/aromatic N) is 3. The van der Waals surface area contributed by atoms with Crippen molar-refractivity contribution in [1.82, 2.24) is 0 Å². The zero-order chi connectivity index (χ0) is 24.8. The number of rotatable bonds is 4. The third-order valence-corrected chi connectivity index (χ3v) is 8.33. The van der Waals surface area contributed by atoms with Gasteiger partial charge < -0.3 is 0 Å². The van der Waals surface area contributed by atoms with Crippen LogP contribution in [0.4, 0.5) is 23.7 Å². The van der Waals surface area contributed by atoms with Gasteiger partial charge in [0.05, 0.1) is 12.3 Å². The van der Waals surface area contributed by atoms with E-state index >= 15 is 8.78 Å². The molecular formula is C27H32F3N4O+. The van der Waals surface area contributed by atoms with Crippen molar-refractivity contribution in [3.8, 4) is 0 Å². The SMILES string of the molecule is C[C@@H]1C(F)(F)[C@]2(CC[N+]1(N)Cc1ccccc1)C(C1CCCCC1)=NC(=O)N2c1cccc(F)c1. The summed E-state index contributed by atoms with van der Waals surface area (Å²) in [6, 6.07) is 12.7. The van der Waals surface area contributed by atoms with Crippen LogP contribution in [0.2, 0.25) is 0 Å². The molecule has 5 nitrogen and oxygen atoms in total. The quantitative estimate of drug-likeness (QED) is 0.437. The molecule has 1 saturated carbocycles. The lowest BCUT2D eigenvalue weighted by Crippen LogP contribution is -2.80. The number of urea groups is 1. The van der Waals surface area contributed by atoms with Gasteiger partial charge in [0, 0.05) is 23.6 Å². The van der Waals surface area contributed by atoms with Crippen molar-refractivity contribution < 1.29 is 22.6 Å². The number of carbonyl (C=O) groups excluding carboxylic acids is 1. The number of hydrogen-bond acceptors (Lipinski definition) is 2. The van der Waals surface area contributed by atoms with Crippen LogP contribution in [0.15, 0.2) is 59.6 Å². The van der Waals surface area contributed by atoms with Crippen molar-refractivity contribution >= 4 is 17.4 Å². The van der Waals surface area contributed by atoms with Crippen molar-refractivity contribution in [2.45, 2.75) is 69.5 Å². The van der Waals surface area contributed by atoms with Gasteiger partial charge in [0.15, 0.2) is 11.6 Å². The molecule has 2 amide bonds. The van der Waals surface area contributed by atoms with Gasteiger partial charge in [-0.1, -0.05) is 55.7 Å². The van der Waals surface area contributed by atoms with Crippen molar-refractivity contribution in [3.05, 3.63) is 66.0 Å². The fourth-order valence-corrected chi connectivity index (χ4v) is 6.37. The van der Waals surface area contributed by atoms with E-state index in [0.29, 0.717) is 0 Å². The average Bonchev–Trinajstić information content (AvgIpc) is 3.16. The van der Waals surface area contributed by atoms with Crippen LogP contribution >= 0.6 is 0 Å². The number of halogens is 3. The zero-order valence-corrected chi connectivity index (χ0v) is 20.0. The molecule has 1 spiro atoms. The van der Waals surface area contributed by atoms with Crippen LogP contribution in [-0.2, 0) is 6.54 Å². The summed E-state index contributed by atoms with van der Waals surface area (Å²) in [5, 5.41) is 0. The largest absolute Gasteiger partial charge is 0.349 e. The first-order chi connectivity index (χ1) is 16.7. The molecule has 1 unspecified atom stereocenters. The normalized spacial score (nSPS) is 31.1. The van der Waals surface area contributed by atoms with Gasteiger partial charge in [-0.2, -0.15) is 19.6 Å². The average molecular weight is 486 g/mol. The van der Waals surface area contributed by atoms with Gasteiger partial charge in [-0.15, -0.1) is 0 Å². The molecule has 2 aromatic carbocycles. The predicted molar refractivity (Wildman–Crippen MR) is 130 cm³/mol. The van der Waals surface area contributed by atoms with Crippen LogP contribution in [0.5, 0.6) is 0 Å². The number of alkyl halides is 2. The van der Waals surface area contributed by atoms with E-state index < -0.39 is 29.4 Å². The zero-order valence-electron chi connectivity index (χ0n) is 20.0. The Labute approximate surface area is 204 Å². The Balaban J connectivity index is 1.61. The van der Waals surface area contributed by atoms with Crippen LogP contribution in [0.25, 0.3) is 0 Å². The van der Waals surface area contributed by atoms with E-state index in [2.05, 4.69) is 4.99 Å². The summed E-state index contributed by atoms with van der Waals surface area (Å²) < 4.78 is 47.7. The Morgan fingerprint density at radius 3 is 2.49 bits per heavy atom. The first kappa shape index (κ1) is 24.0. The minimum Gasteiger partial charge on any atom is -0.274 e. The lowest BCUT2D eigenvalue weighted by atomic mass is 9.68. The summed E-state index contributed by atoms with van der Waals surface area (Å²) in [4.78, 5) is 18.7. The third kappa shape index (κ3) is 3.78. The molecule has 2 N–H and O–H groups in total. The maximum Gasteiger partial charge on any atom is 0.349 e. The van der Waals surface area contributed by atoms with Gasteiger partial charge in [-0.05, 0) is 38.0 Å². The molecule has 2 heterocycles. The lowest BCUT2D eigenvalue weighted by Gasteiger charge is -2.55. The summed E-state index contributed by atoms with van der Waals surface area (Å²) in [6.45, 7) is 1.95. The number of hydrogen-bond donors (Lipinski definition) is 1. The van der Waals surface area contributed by atoms with Crippen LogP contribution in [0, 0.1) is 11.7 Å². The first-order valence-corrected chi connectivity index (χ1v) is 12.4. The van der Waals surface area contributed by atoms with Gasteiger partial charge >= 0.3 is 12.0 Å². The van der Waals surface area contributed by atoms with Crippen LogP contribution in [-0.4, -0.2) is 40.4 Å². The Morgan fingerprint density at radius 2 is 1.80 bits per heavy atom. The number of likely N-dealkylation sites (tertiary alicyclic amines) is 1. The number of amides is 2. The maximum atomic E-state index is 16.9. The highest BCUT2D eigenvalue weighted by atomic mass is 19.3. The Kier molecular flexibility index (Phi) is 6.00. The fourth-order valence-electron chi connectivity index (χ4n) is 6.37. The molecule has 0 aromatic heterocycles. The second kappa shape index (κ2) is 8.75. The summed E-state index contributed by atoms with van der Waals surface area (Å²) in [5.74, 6) is 2.50. The van der Waals surface area contributed by atoms with Crippen LogP contribution in [0.3, 0.4) is 0 Å². The Morgan fingerprint density at radius 1 is 1.09 bits per heavy atom. The molecule has 186 valence electrons. The minimum absolute atomic E-state index is 0.0503. The van der Waals surface area contributed by atoms with Crippen molar-refractivity contribution in [3.63, 3.8) is 0 Å². The number of piperidine rings is 1. The number of nitrogens with two attached hydrogens (primary N) is 1. The van der Waals surface area contributed by atoms with Gasteiger partial charge in [-0.25, -0.2) is 13.8 Å². The van der Waals surface area contributed by atoms with Gasteiger partial charge in [0.2, 0.25) is 0 Å². The Hall–Kier alpha value is -2.71. The second-order valence-corrected chi connectivity index (χ2v) is 10.3. The Bertz CT molecular complexity index is 1130. The lowest BCUT2D eigenvalue weighted by molar-refractivity contribution is -0.987. The summed E-state index contributed by atoms with van der Waals surface area (Å²) in [5.41, 5.74) is -0.720. The first-order valence-electron chi connectivity index (χ1n) is 12.4. The molecule has 35 heavy (non-hydrogen) atoms. The van der Waals surface area contributed by atoms with E-state index in [-0.39, 0.29) is 41.4 Å². The molecule has 2 aliphatic heterocycles. The molecule has 3 aliphatic rings. The van der Waals surface area contributed by atoms with Crippen LogP contribution in [0.1, 0.15) is 51.0 Å². The molecule has 5 rings (SSSR count). The molecular weight excluding hydrogens is 453 g/mol. The second-order valence-electron chi connectivity index (χ2n) is 10.3. The highest BCUT2D eigenvalue weighted by Crippen LogP contribution is 2.53. The number of anilines is 1. The molecule has 2 fully saturated rings. The number of aliphatic imine (C=N–C) groups is 1.